The summed E-state index contributed by atoms with van der Waals surface area (Å²) in [6.45, 7) is 7.49. The summed E-state index contributed by atoms with van der Waals surface area (Å²) in [4.78, 5) is 0. The summed E-state index contributed by atoms with van der Waals surface area (Å²) in [7, 11) is 0. The fourth-order valence-electron chi connectivity index (χ4n) is 2.69. The lowest BCUT2D eigenvalue weighted by molar-refractivity contribution is 0.127. The minimum Gasteiger partial charge on any atom is -0.380 e. The van der Waals surface area contributed by atoms with Crippen molar-refractivity contribution in [2.24, 2.45) is 5.92 Å². The summed E-state index contributed by atoms with van der Waals surface area (Å²) in [6.07, 6.45) is 10.8. The van der Waals surface area contributed by atoms with E-state index in [0.29, 0.717) is 0 Å². The zero-order valence-electron chi connectivity index (χ0n) is 11.8. The van der Waals surface area contributed by atoms with Gasteiger partial charge in [-0.15, -0.1) is 0 Å². The Balaban J connectivity index is 1.83. The van der Waals surface area contributed by atoms with Crippen LogP contribution in [0.25, 0.3) is 0 Å². The molecule has 2 atom stereocenters. The van der Waals surface area contributed by atoms with Crippen LogP contribution in [0.3, 0.4) is 0 Å². The first-order valence-corrected chi connectivity index (χ1v) is 7.64. The van der Waals surface area contributed by atoms with Crippen molar-refractivity contribution in [3.05, 3.63) is 0 Å². The van der Waals surface area contributed by atoms with Crippen molar-refractivity contribution < 1.29 is 4.74 Å². The monoisotopic (exact) mass is 241 g/mol. The van der Waals surface area contributed by atoms with Crippen molar-refractivity contribution in [2.45, 2.75) is 71.3 Å². The molecule has 2 unspecified atom stereocenters. The first-order valence-electron chi connectivity index (χ1n) is 7.64. The summed E-state index contributed by atoms with van der Waals surface area (Å²) in [5.41, 5.74) is 0. The van der Waals surface area contributed by atoms with E-state index in [1.165, 1.54) is 51.4 Å². The first-order chi connectivity index (χ1) is 8.33. The van der Waals surface area contributed by atoms with Crippen LogP contribution < -0.4 is 5.32 Å². The highest BCUT2D eigenvalue weighted by Gasteiger charge is 2.17. The van der Waals surface area contributed by atoms with Crippen LogP contribution >= 0.6 is 0 Å². The molecule has 0 aliphatic heterocycles. The van der Waals surface area contributed by atoms with Gasteiger partial charge in [0.15, 0.2) is 0 Å². The minimum atomic E-state index is 0.752. The molecule has 0 heterocycles. The van der Waals surface area contributed by atoms with E-state index < -0.39 is 0 Å². The number of ether oxygens (including phenoxy) is 1. The Morgan fingerprint density at radius 3 is 2.76 bits per heavy atom. The van der Waals surface area contributed by atoms with Gasteiger partial charge in [0.05, 0.1) is 6.61 Å². The Hall–Kier alpha value is -0.0800. The van der Waals surface area contributed by atoms with Crippen LogP contribution in [-0.2, 0) is 4.74 Å². The van der Waals surface area contributed by atoms with Crippen molar-refractivity contribution >= 4 is 0 Å². The lowest BCUT2D eigenvalue weighted by atomic mass is 9.87. The first kappa shape index (κ1) is 15.0. The zero-order chi connectivity index (χ0) is 12.3. The van der Waals surface area contributed by atoms with Gasteiger partial charge < -0.3 is 10.1 Å². The summed E-state index contributed by atoms with van der Waals surface area (Å²) < 4.78 is 5.64. The summed E-state index contributed by atoms with van der Waals surface area (Å²) in [5.74, 6) is 0.913. The number of hydrogen-bond donors (Lipinski definition) is 1. The molecule has 1 saturated carbocycles. The van der Waals surface area contributed by atoms with Gasteiger partial charge in [0.2, 0.25) is 0 Å². The SMILES string of the molecule is CCCCCCOCCNC1CCCC(C)C1. The van der Waals surface area contributed by atoms with E-state index in [-0.39, 0.29) is 0 Å². The molecule has 0 aromatic carbocycles. The highest BCUT2D eigenvalue weighted by Crippen LogP contribution is 2.23. The molecule has 2 nitrogen and oxygen atoms in total. The third-order valence-corrected chi connectivity index (χ3v) is 3.76. The van der Waals surface area contributed by atoms with Crippen molar-refractivity contribution in [1.82, 2.24) is 5.32 Å². The van der Waals surface area contributed by atoms with Crippen LogP contribution in [0.1, 0.15) is 65.2 Å². The Kier molecular flexibility index (Phi) is 8.72. The highest BCUT2D eigenvalue weighted by atomic mass is 16.5. The predicted octanol–water partition coefficient (Wildman–Crippen LogP) is 3.75. The second kappa shape index (κ2) is 9.90. The number of nitrogens with one attached hydrogen (secondary N) is 1. The molecule has 0 aromatic rings. The molecule has 17 heavy (non-hydrogen) atoms. The topological polar surface area (TPSA) is 21.3 Å². The average molecular weight is 241 g/mol. The minimum absolute atomic E-state index is 0.752. The van der Waals surface area contributed by atoms with E-state index >= 15 is 0 Å². The van der Waals surface area contributed by atoms with E-state index in [0.717, 1.165) is 31.7 Å². The quantitative estimate of drug-likeness (QED) is 0.621. The molecular formula is C15H31NO. The molecule has 1 aliphatic rings. The maximum atomic E-state index is 5.64. The van der Waals surface area contributed by atoms with Crippen molar-refractivity contribution in [3.8, 4) is 0 Å². The van der Waals surface area contributed by atoms with Gasteiger partial charge in [-0.2, -0.15) is 0 Å². The zero-order valence-corrected chi connectivity index (χ0v) is 11.8. The number of rotatable bonds is 9. The van der Waals surface area contributed by atoms with Crippen LogP contribution in [0.5, 0.6) is 0 Å². The Labute approximate surface area is 108 Å². The normalized spacial score (nSPS) is 25.1. The Morgan fingerprint density at radius 1 is 1.12 bits per heavy atom. The van der Waals surface area contributed by atoms with Crippen molar-refractivity contribution in [1.29, 1.82) is 0 Å². The number of hydrogen-bond acceptors (Lipinski definition) is 2. The van der Waals surface area contributed by atoms with Gasteiger partial charge in [-0.3, -0.25) is 0 Å². The van der Waals surface area contributed by atoms with Crippen LogP contribution in [0.15, 0.2) is 0 Å². The smallest absolute Gasteiger partial charge is 0.0590 e. The standard InChI is InChI=1S/C15H31NO/c1-3-4-5-6-11-17-12-10-16-15-9-7-8-14(2)13-15/h14-16H,3-13H2,1-2H3. The summed E-state index contributed by atoms with van der Waals surface area (Å²) in [6, 6.07) is 0.752. The average Bonchev–Trinajstić information content (AvgIpc) is 2.33. The summed E-state index contributed by atoms with van der Waals surface area (Å²) in [5, 5.41) is 3.63. The molecule has 1 fully saturated rings. The molecule has 0 aromatic heterocycles. The fraction of sp³-hybridized carbons (Fsp3) is 1.00. The van der Waals surface area contributed by atoms with Crippen molar-refractivity contribution in [3.63, 3.8) is 0 Å². The molecule has 0 spiro atoms. The van der Waals surface area contributed by atoms with Crippen LogP contribution in [0.4, 0.5) is 0 Å². The predicted molar refractivity (Wildman–Crippen MR) is 74.4 cm³/mol. The second-order valence-electron chi connectivity index (χ2n) is 5.60. The second-order valence-corrected chi connectivity index (χ2v) is 5.60. The van der Waals surface area contributed by atoms with Crippen LogP contribution in [0, 0.1) is 5.92 Å². The van der Waals surface area contributed by atoms with E-state index in [9.17, 15) is 0 Å². The van der Waals surface area contributed by atoms with Gasteiger partial charge in [0.1, 0.15) is 0 Å². The third kappa shape index (κ3) is 7.77. The third-order valence-electron chi connectivity index (χ3n) is 3.76. The molecule has 0 saturated heterocycles. The van der Waals surface area contributed by atoms with Crippen LogP contribution in [-0.4, -0.2) is 25.8 Å². The van der Waals surface area contributed by atoms with Crippen molar-refractivity contribution in [2.75, 3.05) is 19.8 Å². The Bertz CT molecular complexity index is 172. The van der Waals surface area contributed by atoms with E-state index in [4.69, 9.17) is 4.74 Å². The largest absolute Gasteiger partial charge is 0.380 e. The van der Waals surface area contributed by atoms with Gasteiger partial charge in [0.25, 0.3) is 0 Å². The maximum Gasteiger partial charge on any atom is 0.0590 e. The maximum absolute atomic E-state index is 5.64. The van der Waals surface area contributed by atoms with Gasteiger partial charge in [-0.1, -0.05) is 46.0 Å². The van der Waals surface area contributed by atoms with E-state index in [1.807, 2.05) is 0 Å². The van der Waals surface area contributed by atoms with Gasteiger partial charge in [0, 0.05) is 19.2 Å². The fourth-order valence-corrected chi connectivity index (χ4v) is 2.69. The van der Waals surface area contributed by atoms with Crippen LogP contribution in [0.2, 0.25) is 0 Å². The lowest BCUT2D eigenvalue weighted by Crippen LogP contribution is -2.35. The highest BCUT2D eigenvalue weighted by molar-refractivity contribution is 4.75. The van der Waals surface area contributed by atoms with Gasteiger partial charge in [-0.25, -0.2) is 0 Å². The molecule has 0 bridgehead atoms. The molecular weight excluding hydrogens is 210 g/mol. The molecule has 2 heteroatoms. The molecule has 1 aliphatic carbocycles. The lowest BCUT2D eigenvalue weighted by Gasteiger charge is -2.27. The van der Waals surface area contributed by atoms with Gasteiger partial charge >= 0.3 is 0 Å². The molecule has 1 rings (SSSR count). The molecule has 1 N–H and O–H groups in total. The Morgan fingerprint density at radius 2 is 2.00 bits per heavy atom. The molecule has 102 valence electrons. The molecule has 0 radical (unpaired) electrons. The summed E-state index contributed by atoms with van der Waals surface area (Å²) >= 11 is 0. The van der Waals surface area contributed by atoms with E-state index in [2.05, 4.69) is 19.2 Å². The van der Waals surface area contributed by atoms with Gasteiger partial charge in [-0.05, 0) is 25.2 Å². The number of unbranched alkanes of at least 4 members (excludes halogenated alkanes) is 3. The molecule has 0 amide bonds. The van der Waals surface area contributed by atoms with E-state index in [1.54, 1.807) is 0 Å².